The second-order valence-electron chi connectivity index (χ2n) is 4.65. The largest absolute Gasteiger partial charge is 0.376 e. The van der Waals surface area contributed by atoms with E-state index in [1.54, 1.807) is 10.9 Å². The van der Waals surface area contributed by atoms with E-state index in [4.69, 9.17) is 4.74 Å². The Hall–Kier alpha value is -1.28. The van der Waals surface area contributed by atoms with Crippen LogP contribution in [-0.4, -0.2) is 53.4 Å². The topological polar surface area (TPSA) is 91.2 Å². The van der Waals surface area contributed by atoms with Gasteiger partial charge in [-0.1, -0.05) is 5.21 Å². The highest BCUT2D eigenvalue weighted by atomic mass is 32.2. The number of hydrogen-bond acceptors (Lipinski definition) is 6. The number of sulfone groups is 1. The summed E-state index contributed by atoms with van der Waals surface area (Å²) in [5.41, 5.74) is 0.337. The molecule has 0 radical (unpaired) electrons. The Kier molecular flexibility index (Phi) is 4.31. The van der Waals surface area contributed by atoms with Crippen molar-refractivity contribution >= 4 is 15.6 Å². The molecule has 1 aromatic rings. The van der Waals surface area contributed by atoms with E-state index in [1.165, 1.54) is 6.92 Å². The van der Waals surface area contributed by atoms with Gasteiger partial charge in [-0.25, -0.2) is 13.1 Å². The first-order valence-electron chi connectivity index (χ1n) is 6.19. The molecule has 1 saturated heterocycles. The van der Waals surface area contributed by atoms with Crippen molar-refractivity contribution in [1.82, 2.24) is 15.0 Å². The summed E-state index contributed by atoms with van der Waals surface area (Å²) in [6.07, 6.45) is 2.69. The average Bonchev–Trinajstić information content (AvgIpc) is 2.80. The Balaban J connectivity index is 1.73. The average molecular weight is 287 g/mol. The number of rotatable bonds is 5. The summed E-state index contributed by atoms with van der Waals surface area (Å²) in [4.78, 5) is 11.0. The Morgan fingerprint density at radius 2 is 2.16 bits per heavy atom. The van der Waals surface area contributed by atoms with Crippen molar-refractivity contribution in [3.05, 3.63) is 11.9 Å². The Bertz CT molecular complexity index is 538. The highest BCUT2D eigenvalue weighted by Crippen LogP contribution is 2.15. The van der Waals surface area contributed by atoms with E-state index < -0.39 is 9.84 Å². The molecule has 0 bridgehead atoms. The van der Waals surface area contributed by atoms with Gasteiger partial charge in [0.1, 0.15) is 5.69 Å². The minimum absolute atomic E-state index is 0.000626. The quantitative estimate of drug-likeness (QED) is 0.712. The zero-order chi connectivity index (χ0) is 13.9. The fourth-order valence-corrected chi connectivity index (χ4v) is 3.37. The van der Waals surface area contributed by atoms with Gasteiger partial charge in [-0.2, -0.15) is 0 Å². The van der Waals surface area contributed by atoms with Crippen LogP contribution in [0.4, 0.5) is 0 Å². The van der Waals surface area contributed by atoms with Crippen LogP contribution in [0.3, 0.4) is 0 Å². The van der Waals surface area contributed by atoms with Gasteiger partial charge in [-0.05, 0) is 12.8 Å². The number of nitrogens with zero attached hydrogens (tertiary/aromatic N) is 3. The Morgan fingerprint density at radius 1 is 1.47 bits per heavy atom. The van der Waals surface area contributed by atoms with Crippen molar-refractivity contribution in [2.45, 2.75) is 32.4 Å². The SMILES string of the molecule is CC(=O)c1cn(CCOC2CCS(=O)(=O)CC2)nn1. The van der Waals surface area contributed by atoms with Crippen LogP contribution in [0.5, 0.6) is 0 Å². The van der Waals surface area contributed by atoms with Gasteiger partial charge in [-0.3, -0.25) is 4.79 Å². The molecule has 0 unspecified atom stereocenters. The lowest BCUT2D eigenvalue weighted by molar-refractivity contribution is 0.0402. The molecule has 0 aliphatic carbocycles. The zero-order valence-electron chi connectivity index (χ0n) is 10.8. The Morgan fingerprint density at radius 3 is 2.74 bits per heavy atom. The van der Waals surface area contributed by atoms with Crippen LogP contribution in [0.15, 0.2) is 6.20 Å². The number of Topliss-reactive ketones (excluding diaryl/α,β-unsaturated/α-hetero) is 1. The van der Waals surface area contributed by atoms with Crippen LogP contribution < -0.4 is 0 Å². The third kappa shape index (κ3) is 4.10. The third-order valence-corrected chi connectivity index (χ3v) is 4.79. The third-order valence-electron chi connectivity index (χ3n) is 3.07. The maximum atomic E-state index is 11.2. The molecule has 19 heavy (non-hydrogen) atoms. The minimum atomic E-state index is -2.84. The summed E-state index contributed by atoms with van der Waals surface area (Å²) in [5.74, 6) is 0.287. The summed E-state index contributed by atoms with van der Waals surface area (Å²) in [5, 5.41) is 7.54. The van der Waals surface area contributed by atoms with Gasteiger partial charge in [0.15, 0.2) is 15.6 Å². The van der Waals surface area contributed by atoms with Crippen molar-refractivity contribution in [3.8, 4) is 0 Å². The first-order chi connectivity index (χ1) is 8.96. The van der Waals surface area contributed by atoms with Crippen molar-refractivity contribution in [3.63, 3.8) is 0 Å². The molecule has 1 fully saturated rings. The van der Waals surface area contributed by atoms with E-state index in [2.05, 4.69) is 10.3 Å². The van der Waals surface area contributed by atoms with E-state index in [1.807, 2.05) is 0 Å². The van der Waals surface area contributed by atoms with Gasteiger partial charge in [0.05, 0.1) is 37.0 Å². The van der Waals surface area contributed by atoms with Gasteiger partial charge in [0.25, 0.3) is 0 Å². The maximum absolute atomic E-state index is 11.2. The summed E-state index contributed by atoms with van der Waals surface area (Å²) in [6.45, 7) is 2.38. The van der Waals surface area contributed by atoms with Crippen LogP contribution in [0.25, 0.3) is 0 Å². The molecule has 1 aromatic heterocycles. The molecule has 0 amide bonds. The van der Waals surface area contributed by atoms with E-state index >= 15 is 0 Å². The maximum Gasteiger partial charge on any atom is 0.181 e. The minimum Gasteiger partial charge on any atom is -0.376 e. The molecule has 8 heteroatoms. The smallest absolute Gasteiger partial charge is 0.181 e. The number of carbonyl (C=O) groups excluding carboxylic acids is 1. The van der Waals surface area contributed by atoms with Crippen LogP contribution in [0.1, 0.15) is 30.3 Å². The van der Waals surface area contributed by atoms with E-state index in [9.17, 15) is 13.2 Å². The molecule has 0 N–H and O–H groups in total. The number of aromatic nitrogens is 3. The molecular weight excluding hydrogens is 270 g/mol. The number of ether oxygens (including phenoxy) is 1. The van der Waals surface area contributed by atoms with Crippen molar-refractivity contribution < 1.29 is 17.9 Å². The molecular formula is C11H17N3O4S. The van der Waals surface area contributed by atoms with Crippen LogP contribution >= 0.6 is 0 Å². The lowest BCUT2D eigenvalue weighted by Gasteiger charge is -2.22. The second-order valence-corrected chi connectivity index (χ2v) is 6.95. The molecule has 1 aliphatic heterocycles. The van der Waals surface area contributed by atoms with Crippen molar-refractivity contribution in [2.75, 3.05) is 18.1 Å². The fraction of sp³-hybridized carbons (Fsp3) is 0.727. The monoisotopic (exact) mass is 287 g/mol. The van der Waals surface area contributed by atoms with E-state index in [-0.39, 0.29) is 23.4 Å². The standard InChI is InChI=1S/C11H17N3O4S/c1-9(15)11-8-14(13-12-11)4-5-18-10-2-6-19(16,17)7-3-10/h8,10H,2-7H2,1H3. The summed E-state index contributed by atoms with van der Waals surface area (Å²) < 4.78 is 29.7. The van der Waals surface area contributed by atoms with Gasteiger partial charge in [0, 0.05) is 6.92 Å². The zero-order valence-corrected chi connectivity index (χ0v) is 11.6. The van der Waals surface area contributed by atoms with E-state index in [0.29, 0.717) is 31.7 Å². The summed E-state index contributed by atoms with van der Waals surface area (Å²) in [7, 11) is -2.84. The summed E-state index contributed by atoms with van der Waals surface area (Å²) in [6, 6.07) is 0. The molecule has 0 aromatic carbocycles. The van der Waals surface area contributed by atoms with Gasteiger partial charge < -0.3 is 4.74 Å². The van der Waals surface area contributed by atoms with Gasteiger partial charge in [0.2, 0.25) is 0 Å². The normalized spacial score (nSPS) is 19.4. The first kappa shape index (κ1) is 14.1. The molecule has 2 heterocycles. The predicted octanol–water partition coefficient (Wildman–Crippen LogP) is 0.0745. The van der Waals surface area contributed by atoms with Crippen LogP contribution in [0, 0.1) is 0 Å². The molecule has 2 rings (SSSR count). The van der Waals surface area contributed by atoms with Crippen molar-refractivity contribution in [1.29, 1.82) is 0 Å². The fourth-order valence-electron chi connectivity index (χ4n) is 1.92. The molecule has 106 valence electrons. The molecule has 0 saturated carbocycles. The van der Waals surface area contributed by atoms with Crippen LogP contribution in [0.2, 0.25) is 0 Å². The lowest BCUT2D eigenvalue weighted by Crippen LogP contribution is -2.29. The van der Waals surface area contributed by atoms with Gasteiger partial charge in [-0.15, -0.1) is 5.10 Å². The highest BCUT2D eigenvalue weighted by Gasteiger charge is 2.23. The van der Waals surface area contributed by atoms with Gasteiger partial charge >= 0.3 is 0 Å². The van der Waals surface area contributed by atoms with Crippen molar-refractivity contribution in [2.24, 2.45) is 0 Å². The second kappa shape index (κ2) is 5.79. The lowest BCUT2D eigenvalue weighted by atomic mass is 10.2. The molecule has 0 atom stereocenters. The van der Waals surface area contributed by atoms with Crippen LogP contribution in [-0.2, 0) is 21.1 Å². The molecule has 1 aliphatic rings. The highest BCUT2D eigenvalue weighted by molar-refractivity contribution is 7.91. The Labute approximate surface area is 111 Å². The van der Waals surface area contributed by atoms with E-state index in [0.717, 1.165) is 0 Å². The first-order valence-corrected chi connectivity index (χ1v) is 8.01. The number of carbonyl (C=O) groups is 1. The number of hydrogen-bond donors (Lipinski definition) is 0. The molecule has 0 spiro atoms. The summed E-state index contributed by atoms with van der Waals surface area (Å²) >= 11 is 0. The number of ketones is 1. The predicted molar refractivity (Wildman–Crippen MR) is 67.7 cm³/mol. The molecule has 7 nitrogen and oxygen atoms in total.